The lowest BCUT2D eigenvalue weighted by molar-refractivity contribution is -0.131. The van der Waals surface area contributed by atoms with E-state index in [-0.39, 0.29) is 17.0 Å². The number of hydrogen-bond donors (Lipinski definition) is 0. The summed E-state index contributed by atoms with van der Waals surface area (Å²) < 4.78 is 0. The largest absolute Gasteiger partial charge is 0.300 e. The molecular formula is C15H21NO2. The van der Waals surface area contributed by atoms with E-state index in [2.05, 4.69) is 12.6 Å². The van der Waals surface area contributed by atoms with Gasteiger partial charge in [-0.25, -0.2) is 0 Å². The van der Waals surface area contributed by atoms with Gasteiger partial charge in [-0.2, -0.15) is 5.26 Å². The van der Waals surface area contributed by atoms with E-state index in [9.17, 15) is 14.9 Å². The summed E-state index contributed by atoms with van der Waals surface area (Å²) in [7, 11) is 0. The number of hydrogen-bond acceptors (Lipinski definition) is 3. The Kier molecular flexibility index (Phi) is 4.45. The van der Waals surface area contributed by atoms with E-state index in [1.54, 1.807) is 6.92 Å². The van der Waals surface area contributed by atoms with Gasteiger partial charge in [-0.05, 0) is 24.7 Å². The molecular weight excluding hydrogens is 226 g/mol. The van der Waals surface area contributed by atoms with Crippen molar-refractivity contribution in [3.8, 4) is 6.07 Å². The average molecular weight is 247 g/mol. The highest BCUT2D eigenvalue weighted by molar-refractivity contribution is 5.89. The molecule has 0 N–H and O–H groups in total. The van der Waals surface area contributed by atoms with Gasteiger partial charge in [0.1, 0.15) is 11.2 Å². The number of nitrogens with zero attached hydrogens (tertiary/aromatic N) is 1. The maximum Gasteiger partial charge on any atom is 0.153 e. The maximum absolute atomic E-state index is 12.1. The number of carbonyl (C=O) groups excluding carboxylic acids is 2. The van der Waals surface area contributed by atoms with E-state index < -0.39 is 5.41 Å². The summed E-state index contributed by atoms with van der Waals surface area (Å²) in [6, 6.07) is 2.19. The van der Waals surface area contributed by atoms with E-state index in [4.69, 9.17) is 0 Å². The smallest absolute Gasteiger partial charge is 0.153 e. The van der Waals surface area contributed by atoms with Crippen molar-refractivity contribution in [2.75, 3.05) is 0 Å². The number of Topliss-reactive ketones (excluding diaryl/α,β-unsaturated/α-hetero) is 2. The fourth-order valence-electron chi connectivity index (χ4n) is 2.60. The zero-order valence-corrected chi connectivity index (χ0v) is 11.3. The lowest BCUT2D eigenvalue weighted by atomic mass is 9.61. The lowest BCUT2D eigenvalue weighted by Crippen LogP contribution is -2.40. The fraction of sp³-hybridized carbons (Fsp3) is 0.667. The van der Waals surface area contributed by atoms with Gasteiger partial charge in [0, 0.05) is 19.3 Å². The molecule has 3 nitrogen and oxygen atoms in total. The van der Waals surface area contributed by atoms with Gasteiger partial charge in [-0.3, -0.25) is 9.59 Å². The van der Waals surface area contributed by atoms with Gasteiger partial charge in [0.05, 0.1) is 6.07 Å². The minimum atomic E-state index is -0.980. The summed E-state index contributed by atoms with van der Waals surface area (Å²) in [5, 5.41) is 9.41. The molecule has 1 rings (SSSR count). The standard InChI is InChI=1S/C15H21NO2/c1-4-12(17)6-9-15(11-16)10-14(3,5-2)8-7-13(15)18/h5H,2,4,6-10H2,1,3H3. The van der Waals surface area contributed by atoms with Crippen LogP contribution in [0.25, 0.3) is 0 Å². The molecule has 2 atom stereocenters. The van der Waals surface area contributed by atoms with Crippen molar-refractivity contribution < 1.29 is 9.59 Å². The molecule has 0 spiro atoms. The van der Waals surface area contributed by atoms with Crippen LogP contribution in [-0.4, -0.2) is 11.6 Å². The molecule has 0 radical (unpaired) electrons. The van der Waals surface area contributed by atoms with Crippen molar-refractivity contribution in [3.63, 3.8) is 0 Å². The van der Waals surface area contributed by atoms with Crippen LogP contribution in [0.1, 0.15) is 52.4 Å². The average Bonchev–Trinajstić information content (AvgIpc) is 2.39. The maximum atomic E-state index is 12.1. The Morgan fingerprint density at radius 3 is 2.78 bits per heavy atom. The number of ketones is 2. The lowest BCUT2D eigenvalue weighted by Gasteiger charge is -2.39. The molecule has 0 aromatic rings. The number of allylic oxidation sites excluding steroid dienone is 1. The topological polar surface area (TPSA) is 57.9 Å². The minimum absolute atomic E-state index is 0.00627. The van der Waals surface area contributed by atoms with Crippen LogP contribution < -0.4 is 0 Å². The number of rotatable bonds is 5. The zero-order chi connectivity index (χ0) is 13.8. The van der Waals surface area contributed by atoms with Gasteiger partial charge in [0.15, 0.2) is 5.78 Å². The van der Waals surface area contributed by atoms with Gasteiger partial charge >= 0.3 is 0 Å². The summed E-state index contributed by atoms with van der Waals surface area (Å²) in [5.74, 6) is 0.108. The Labute approximate surface area is 109 Å². The van der Waals surface area contributed by atoms with Gasteiger partial charge in [0.25, 0.3) is 0 Å². The first kappa shape index (κ1) is 14.6. The fourth-order valence-corrected chi connectivity index (χ4v) is 2.60. The zero-order valence-electron chi connectivity index (χ0n) is 11.3. The van der Waals surface area contributed by atoms with Gasteiger partial charge in [-0.1, -0.05) is 19.9 Å². The van der Waals surface area contributed by atoms with Crippen LogP contribution in [0.2, 0.25) is 0 Å². The number of carbonyl (C=O) groups is 2. The van der Waals surface area contributed by atoms with Crippen LogP contribution in [0.5, 0.6) is 0 Å². The Morgan fingerprint density at radius 1 is 1.61 bits per heavy atom. The third kappa shape index (κ3) is 2.87. The summed E-state index contributed by atoms with van der Waals surface area (Å²) in [6.45, 7) is 7.64. The highest BCUT2D eigenvalue weighted by Gasteiger charge is 2.47. The molecule has 1 aliphatic carbocycles. The molecule has 0 amide bonds. The molecule has 18 heavy (non-hydrogen) atoms. The van der Waals surface area contributed by atoms with Crippen molar-refractivity contribution in [2.24, 2.45) is 10.8 Å². The van der Waals surface area contributed by atoms with E-state index in [1.165, 1.54) is 0 Å². The van der Waals surface area contributed by atoms with Gasteiger partial charge in [-0.15, -0.1) is 6.58 Å². The first-order chi connectivity index (χ1) is 8.41. The quantitative estimate of drug-likeness (QED) is 0.701. The Balaban J connectivity index is 2.89. The third-order valence-corrected chi connectivity index (χ3v) is 4.09. The Hall–Kier alpha value is -1.43. The number of nitriles is 1. The molecule has 0 aromatic heterocycles. The molecule has 0 heterocycles. The van der Waals surface area contributed by atoms with Crippen molar-refractivity contribution in [1.82, 2.24) is 0 Å². The monoisotopic (exact) mass is 247 g/mol. The first-order valence-corrected chi connectivity index (χ1v) is 6.51. The van der Waals surface area contributed by atoms with Crippen LogP contribution in [0.15, 0.2) is 12.7 Å². The normalized spacial score (nSPS) is 31.7. The van der Waals surface area contributed by atoms with E-state index in [0.717, 1.165) is 6.42 Å². The van der Waals surface area contributed by atoms with E-state index >= 15 is 0 Å². The molecule has 0 aliphatic heterocycles. The molecule has 1 aliphatic rings. The summed E-state index contributed by atoms with van der Waals surface area (Å²) in [4.78, 5) is 23.5. The van der Waals surface area contributed by atoms with Crippen LogP contribution in [0.3, 0.4) is 0 Å². The second-order valence-electron chi connectivity index (χ2n) is 5.54. The SMILES string of the molecule is C=CC1(C)CCC(=O)C(C#N)(CCC(=O)CC)C1. The molecule has 98 valence electrons. The minimum Gasteiger partial charge on any atom is -0.300 e. The van der Waals surface area contributed by atoms with Crippen molar-refractivity contribution in [2.45, 2.75) is 52.4 Å². The van der Waals surface area contributed by atoms with Crippen molar-refractivity contribution in [1.29, 1.82) is 5.26 Å². The van der Waals surface area contributed by atoms with Crippen molar-refractivity contribution >= 4 is 11.6 Å². The summed E-state index contributed by atoms with van der Waals surface area (Å²) in [5.41, 5.74) is -1.15. The van der Waals surface area contributed by atoms with Crippen LogP contribution in [-0.2, 0) is 9.59 Å². The highest BCUT2D eigenvalue weighted by Crippen LogP contribution is 2.47. The second-order valence-corrected chi connectivity index (χ2v) is 5.54. The van der Waals surface area contributed by atoms with E-state index in [0.29, 0.717) is 32.1 Å². The molecule has 1 saturated carbocycles. The van der Waals surface area contributed by atoms with Crippen LogP contribution in [0, 0.1) is 22.2 Å². The van der Waals surface area contributed by atoms with Gasteiger partial charge in [0.2, 0.25) is 0 Å². The second kappa shape index (κ2) is 5.48. The molecule has 0 aromatic carbocycles. The third-order valence-electron chi connectivity index (χ3n) is 4.09. The Bertz CT molecular complexity index is 407. The molecule has 0 bridgehead atoms. The Morgan fingerprint density at radius 2 is 2.28 bits per heavy atom. The predicted molar refractivity (Wildman–Crippen MR) is 69.7 cm³/mol. The van der Waals surface area contributed by atoms with Crippen LogP contribution in [0.4, 0.5) is 0 Å². The molecule has 3 heteroatoms. The van der Waals surface area contributed by atoms with Crippen LogP contribution >= 0.6 is 0 Å². The molecule has 2 unspecified atom stereocenters. The van der Waals surface area contributed by atoms with Crippen molar-refractivity contribution in [3.05, 3.63) is 12.7 Å². The molecule has 1 fully saturated rings. The van der Waals surface area contributed by atoms with E-state index in [1.807, 2.05) is 13.0 Å². The summed E-state index contributed by atoms with van der Waals surface area (Å²) >= 11 is 0. The van der Waals surface area contributed by atoms with Gasteiger partial charge < -0.3 is 0 Å². The first-order valence-electron chi connectivity index (χ1n) is 6.51. The highest BCUT2D eigenvalue weighted by atomic mass is 16.1. The predicted octanol–water partition coefficient (Wildman–Crippen LogP) is 3.20. The summed E-state index contributed by atoms with van der Waals surface area (Å²) in [6.07, 6.45) is 4.65. The molecule has 0 saturated heterocycles.